The fourth-order valence-corrected chi connectivity index (χ4v) is 2.50. The minimum Gasteiger partial charge on any atom is -0.391 e. The van der Waals surface area contributed by atoms with Gasteiger partial charge in [-0.15, -0.1) is 0 Å². The maximum absolute atomic E-state index is 9.11. The van der Waals surface area contributed by atoms with Gasteiger partial charge >= 0.3 is 0 Å². The molecule has 2 heterocycles. The van der Waals surface area contributed by atoms with E-state index in [-0.39, 0.29) is 13.2 Å². The molecule has 0 amide bonds. The molecular formula is C20H30N2O5+2. The molecule has 0 radical (unpaired) electrons. The lowest BCUT2D eigenvalue weighted by Crippen LogP contribution is -2.36. The molecule has 148 valence electrons. The van der Waals surface area contributed by atoms with E-state index in [0.29, 0.717) is 39.6 Å². The summed E-state index contributed by atoms with van der Waals surface area (Å²) in [4.78, 5) is 0. The van der Waals surface area contributed by atoms with Gasteiger partial charge in [-0.25, -0.2) is 9.13 Å². The Bertz CT molecular complexity index is 598. The molecule has 27 heavy (non-hydrogen) atoms. The Balaban J connectivity index is 1.41. The van der Waals surface area contributed by atoms with Crippen molar-refractivity contribution in [2.24, 2.45) is 0 Å². The van der Waals surface area contributed by atoms with Gasteiger partial charge in [-0.05, 0) is 12.1 Å². The molecule has 7 nitrogen and oxygen atoms in total. The molecular weight excluding hydrogens is 348 g/mol. The number of aromatic nitrogens is 2. The Morgan fingerprint density at radius 3 is 1.44 bits per heavy atom. The molecule has 0 aliphatic rings. The fourth-order valence-electron chi connectivity index (χ4n) is 2.50. The van der Waals surface area contributed by atoms with Crippen LogP contribution in [0.4, 0.5) is 0 Å². The summed E-state index contributed by atoms with van der Waals surface area (Å²) in [5.74, 6) is 0. The lowest BCUT2D eigenvalue weighted by Gasteiger charge is -2.06. The van der Waals surface area contributed by atoms with Gasteiger partial charge in [-0.2, -0.15) is 0 Å². The van der Waals surface area contributed by atoms with Crippen molar-refractivity contribution in [3.63, 3.8) is 0 Å². The van der Waals surface area contributed by atoms with Crippen LogP contribution < -0.4 is 9.13 Å². The van der Waals surface area contributed by atoms with Crippen LogP contribution in [-0.2, 0) is 40.5 Å². The summed E-state index contributed by atoms with van der Waals surface area (Å²) in [5, 5.41) is 18.2. The topological polar surface area (TPSA) is 75.9 Å². The number of aliphatic hydroxyl groups excluding tert-OH is 2. The second-order valence-corrected chi connectivity index (χ2v) is 6.05. The summed E-state index contributed by atoms with van der Waals surface area (Å²) in [6.45, 7) is 4.95. The predicted octanol–water partition coefficient (Wildman–Crippen LogP) is -0.00380. The molecule has 0 saturated carbocycles. The third kappa shape index (κ3) is 9.03. The van der Waals surface area contributed by atoms with Gasteiger partial charge in [0.2, 0.25) is 0 Å². The zero-order valence-corrected chi connectivity index (χ0v) is 15.7. The molecule has 2 rings (SSSR count). The van der Waals surface area contributed by atoms with E-state index in [0.717, 1.165) is 24.2 Å². The van der Waals surface area contributed by atoms with Gasteiger partial charge < -0.3 is 24.4 Å². The van der Waals surface area contributed by atoms with E-state index < -0.39 is 0 Å². The molecule has 7 heteroatoms. The van der Waals surface area contributed by atoms with Gasteiger partial charge in [0.25, 0.3) is 0 Å². The highest BCUT2D eigenvalue weighted by molar-refractivity contribution is 5.03. The quantitative estimate of drug-likeness (QED) is 0.357. The van der Waals surface area contributed by atoms with Crippen LogP contribution in [0.5, 0.6) is 0 Å². The first-order valence-electron chi connectivity index (χ1n) is 9.22. The van der Waals surface area contributed by atoms with E-state index in [4.69, 9.17) is 24.4 Å². The number of ether oxygens (including phenoxy) is 3. The van der Waals surface area contributed by atoms with E-state index in [1.165, 1.54) is 0 Å². The van der Waals surface area contributed by atoms with Gasteiger partial charge in [0.15, 0.2) is 37.9 Å². The highest BCUT2D eigenvalue weighted by Crippen LogP contribution is 1.93. The van der Waals surface area contributed by atoms with Crippen LogP contribution in [0, 0.1) is 0 Å². The lowest BCUT2D eigenvalue weighted by molar-refractivity contribution is -0.699. The standard InChI is InChI=1S/C20H30N2O5/c23-17-19-3-1-5-21(15-19)7-9-25-11-13-27-14-12-26-10-8-22-6-2-4-20(16-22)18-24/h1-6,15-16,23-24H,7-14,17-18H2/q+2. The number of hydrogen-bond acceptors (Lipinski definition) is 5. The van der Waals surface area contributed by atoms with Crippen molar-refractivity contribution in [2.45, 2.75) is 26.3 Å². The zero-order valence-electron chi connectivity index (χ0n) is 15.7. The summed E-state index contributed by atoms with van der Waals surface area (Å²) >= 11 is 0. The highest BCUT2D eigenvalue weighted by atomic mass is 16.5. The average molecular weight is 378 g/mol. The number of hydrogen-bond donors (Lipinski definition) is 2. The van der Waals surface area contributed by atoms with Crippen LogP contribution in [0.15, 0.2) is 49.1 Å². The maximum atomic E-state index is 9.11. The molecule has 2 aromatic rings. The van der Waals surface area contributed by atoms with Crippen molar-refractivity contribution >= 4 is 0 Å². The third-order valence-electron chi connectivity index (χ3n) is 3.94. The SMILES string of the molecule is OCc1ccc[n+](CCOCCOCCOCC[n+]2cccc(CO)c2)c1. The molecule has 0 bridgehead atoms. The normalized spacial score (nSPS) is 11.0. The Labute approximate surface area is 160 Å². The molecule has 0 atom stereocenters. The van der Waals surface area contributed by atoms with Crippen molar-refractivity contribution in [3.05, 3.63) is 60.2 Å². The summed E-state index contributed by atoms with van der Waals surface area (Å²) in [7, 11) is 0. The molecule has 0 aromatic carbocycles. The van der Waals surface area contributed by atoms with Crippen LogP contribution in [0.1, 0.15) is 11.1 Å². The van der Waals surface area contributed by atoms with Crippen LogP contribution in [0.25, 0.3) is 0 Å². The van der Waals surface area contributed by atoms with Crippen molar-refractivity contribution in [1.29, 1.82) is 0 Å². The minimum atomic E-state index is 0.0470. The van der Waals surface area contributed by atoms with Gasteiger partial charge in [0, 0.05) is 23.3 Å². The second kappa shape index (κ2) is 13.3. The number of pyridine rings is 2. The Morgan fingerprint density at radius 1 is 0.630 bits per heavy atom. The number of nitrogens with zero attached hydrogens (tertiary/aromatic N) is 2. The van der Waals surface area contributed by atoms with Crippen LogP contribution in [0.2, 0.25) is 0 Å². The highest BCUT2D eigenvalue weighted by Gasteiger charge is 2.03. The monoisotopic (exact) mass is 378 g/mol. The molecule has 2 aromatic heterocycles. The van der Waals surface area contributed by atoms with E-state index in [2.05, 4.69) is 0 Å². The molecule has 0 spiro atoms. The first-order chi connectivity index (χ1) is 13.3. The summed E-state index contributed by atoms with van der Waals surface area (Å²) in [5.41, 5.74) is 1.78. The van der Waals surface area contributed by atoms with E-state index in [1.54, 1.807) is 0 Å². The first kappa shape index (κ1) is 21.4. The van der Waals surface area contributed by atoms with Gasteiger partial charge in [-0.1, -0.05) is 0 Å². The minimum absolute atomic E-state index is 0.0470. The zero-order chi connectivity index (χ0) is 19.2. The van der Waals surface area contributed by atoms with E-state index >= 15 is 0 Å². The largest absolute Gasteiger partial charge is 0.391 e. The molecule has 0 unspecified atom stereocenters. The lowest BCUT2D eigenvalue weighted by atomic mass is 10.3. The maximum Gasteiger partial charge on any atom is 0.174 e. The van der Waals surface area contributed by atoms with E-state index in [1.807, 2.05) is 58.2 Å². The van der Waals surface area contributed by atoms with Gasteiger partial charge in [-0.3, -0.25) is 0 Å². The predicted molar refractivity (Wildman–Crippen MR) is 97.6 cm³/mol. The Morgan fingerprint density at radius 2 is 1.04 bits per heavy atom. The summed E-state index contributed by atoms with van der Waals surface area (Å²) < 4.78 is 20.6. The molecule has 0 aliphatic carbocycles. The third-order valence-corrected chi connectivity index (χ3v) is 3.94. The van der Waals surface area contributed by atoms with Crippen molar-refractivity contribution in [2.75, 3.05) is 39.6 Å². The number of aliphatic hydroxyl groups is 2. The van der Waals surface area contributed by atoms with E-state index in [9.17, 15) is 0 Å². The molecule has 0 fully saturated rings. The van der Waals surface area contributed by atoms with Crippen LogP contribution in [-0.4, -0.2) is 49.9 Å². The fraction of sp³-hybridized carbons (Fsp3) is 0.500. The molecule has 0 aliphatic heterocycles. The molecule has 2 N–H and O–H groups in total. The summed E-state index contributed by atoms with van der Waals surface area (Å²) in [6, 6.07) is 7.60. The second-order valence-electron chi connectivity index (χ2n) is 6.05. The first-order valence-corrected chi connectivity index (χ1v) is 9.22. The number of rotatable bonds is 14. The smallest absolute Gasteiger partial charge is 0.174 e. The van der Waals surface area contributed by atoms with Crippen molar-refractivity contribution < 1.29 is 33.6 Å². The molecule has 0 saturated heterocycles. The van der Waals surface area contributed by atoms with Crippen LogP contribution >= 0.6 is 0 Å². The van der Waals surface area contributed by atoms with Crippen LogP contribution in [0.3, 0.4) is 0 Å². The van der Waals surface area contributed by atoms with Crippen molar-refractivity contribution in [1.82, 2.24) is 0 Å². The Hall–Kier alpha value is -1.90. The summed E-state index contributed by atoms with van der Waals surface area (Å²) in [6.07, 6.45) is 7.73. The van der Waals surface area contributed by atoms with Gasteiger partial charge in [0.1, 0.15) is 13.2 Å². The van der Waals surface area contributed by atoms with Gasteiger partial charge in [0.05, 0.1) is 39.6 Å². The Kier molecular flexibility index (Phi) is 10.5. The van der Waals surface area contributed by atoms with Crippen molar-refractivity contribution in [3.8, 4) is 0 Å². The average Bonchev–Trinajstić information content (AvgIpc) is 2.72.